The van der Waals surface area contributed by atoms with E-state index >= 15 is 0 Å². The number of anilines is 1. The summed E-state index contributed by atoms with van der Waals surface area (Å²) in [6, 6.07) is 17.4. The minimum absolute atomic E-state index is 0.000865. The zero-order valence-corrected chi connectivity index (χ0v) is 18.8. The maximum Gasteiger partial charge on any atom is 0.434 e. The van der Waals surface area contributed by atoms with E-state index in [0.29, 0.717) is 10.4 Å². The summed E-state index contributed by atoms with van der Waals surface area (Å²) in [6.45, 7) is 1.39. The quantitative estimate of drug-likeness (QED) is 0.377. The van der Waals surface area contributed by atoms with Gasteiger partial charge in [0, 0.05) is 11.4 Å². The van der Waals surface area contributed by atoms with Crippen LogP contribution < -0.4 is 10.9 Å². The maximum atomic E-state index is 13.7. The number of hydrogen-bond donors (Lipinski definition) is 2. The van der Waals surface area contributed by atoms with Crippen molar-refractivity contribution >= 4 is 17.6 Å². The lowest BCUT2D eigenvalue weighted by atomic mass is 10.1. The van der Waals surface area contributed by atoms with Gasteiger partial charge in [-0.05, 0) is 48.9 Å². The summed E-state index contributed by atoms with van der Waals surface area (Å²) in [5.41, 5.74) is -1.15. The first-order valence-electron chi connectivity index (χ1n) is 10.7. The highest BCUT2D eigenvalue weighted by atomic mass is 19.4. The van der Waals surface area contributed by atoms with Gasteiger partial charge in [0.05, 0.1) is 18.5 Å². The van der Waals surface area contributed by atoms with Crippen LogP contribution in [0.4, 0.5) is 18.9 Å². The van der Waals surface area contributed by atoms with Gasteiger partial charge in [0.15, 0.2) is 5.69 Å². The van der Waals surface area contributed by atoms with Crippen LogP contribution in [0.5, 0.6) is 0 Å². The van der Waals surface area contributed by atoms with E-state index in [1.165, 1.54) is 37.3 Å². The molecule has 0 fully saturated rings. The highest BCUT2D eigenvalue weighted by Gasteiger charge is 2.41. The van der Waals surface area contributed by atoms with Crippen LogP contribution in [0.3, 0.4) is 0 Å². The third-order valence-corrected chi connectivity index (χ3v) is 5.14. The second-order valence-corrected chi connectivity index (χ2v) is 7.52. The highest BCUT2D eigenvalue weighted by molar-refractivity contribution is 6.04. The van der Waals surface area contributed by atoms with Gasteiger partial charge in [-0.3, -0.25) is 9.59 Å². The third kappa shape index (κ3) is 5.04. The van der Waals surface area contributed by atoms with Crippen LogP contribution in [0, 0.1) is 0 Å². The average molecular weight is 496 g/mol. The van der Waals surface area contributed by atoms with Crippen molar-refractivity contribution in [3.05, 3.63) is 100 Å². The molecule has 0 aliphatic heterocycles. The van der Waals surface area contributed by atoms with E-state index in [-0.39, 0.29) is 23.5 Å². The molecule has 0 bridgehead atoms. The zero-order chi connectivity index (χ0) is 25.9. The number of H-pyrrole nitrogens is 1. The second-order valence-electron chi connectivity index (χ2n) is 7.52. The molecule has 2 aromatic carbocycles. The molecular weight excluding hydrogens is 477 g/mol. The van der Waals surface area contributed by atoms with Gasteiger partial charge in [-0.2, -0.15) is 18.3 Å². The number of nitrogens with one attached hydrogen (secondary N) is 2. The first-order valence-corrected chi connectivity index (χ1v) is 10.7. The largest absolute Gasteiger partial charge is 0.462 e. The highest BCUT2D eigenvalue weighted by Crippen LogP contribution is 2.34. The Kier molecular flexibility index (Phi) is 6.73. The van der Waals surface area contributed by atoms with Crippen molar-refractivity contribution in [2.75, 3.05) is 11.9 Å². The number of carbonyl (C=O) groups is 2. The molecule has 8 nitrogen and oxygen atoms in total. The Bertz CT molecular complexity index is 1460. The Hall–Kier alpha value is -4.67. The lowest BCUT2D eigenvalue weighted by Gasteiger charge is -2.13. The number of hydrogen-bond acceptors (Lipinski definition) is 5. The van der Waals surface area contributed by atoms with Crippen molar-refractivity contribution in [2.45, 2.75) is 13.1 Å². The van der Waals surface area contributed by atoms with E-state index in [2.05, 4.69) is 15.4 Å². The fourth-order valence-electron chi connectivity index (χ4n) is 3.50. The Morgan fingerprint density at radius 1 is 1.00 bits per heavy atom. The fourth-order valence-corrected chi connectivity index (χ4v) is 3.50. The number of carbonyl (C=O) groups excluding carboxylic acids is 2. The molecule has 0 spiro atoms. The monoisotopic (exact) mass is 496 g/mol. The number of aromatic amines is 1. The molecule has 4 rings (SSSR count). The predicted molar refractivity (Wildman–Crippen MR) is 125 cm³/mol. The van der Waals surface area contributed by atoms with E-state index in [4.69, 9.17) is 4.74 Å². The minimum atomic E-state index is -4.88. The molecule has 2 N–H and O–H groups in total. The van der Waals surface area contributed by atoms with Crippen LogP contribution in [-0.4, -0.2) is 33.2 Å². The van der Waals surface area contributed by atoms with Crippen LogP contribution in [0.1, 0.15) is 33.3 Å². The summed E-state index contributed by atoms with van der Waals surface area (Å²) < 4.78 is 46.3. The first-order chi connectivity index (χ1) is 17.2. The summed E-state index contributed by atoms with van der Waals surface area (Å²) >= 11 is 0. The Balaban J connectivity index is 1.55. The molecule has 11 heteroatoms. The van der Waals surface area contributed by atoms with Crippen molar-refractivity contribution in [3.63, 3.8) is 0 Å². The van der Waals surface area contributed by atoms with Gasteiger partial charge in [-0.25, -0.2) is 9.48 Å². The van der Waals surface area contributed by atoms with Crippen molar-refractivity contribution < 1.29 is 27.5 Å². The van der Waals surface area contributed by atoms with Gasteiger partial charge in [0.1, 0.15) is 11.1 Å². The van der Waals surface area contributed by atoms with Crippen LogP contribution in [0.2, 0.25) is 0 Å². The van der Waals surface area contributed by atoms with E-state index in [0.717, 1.165) is 11.8 Å². The minimum Gasteiger partial charge on any atom is -0.462 e. The van der Waals surface area contributed by atoms with E-state index in [9.17, 15) is 27.6 Å². The topological polar surface area (TPSA) is 106 Å². The summed E-state index contributed by atoms with van der Waals surface area (Å²) in [7, 11) is 0. The fraction of sp³-hybridized carbons (Fsp3) is 0.120. The van der Waals surface area contributed by atoms with E-state index < -0.39 is 34.9 Å². The summed E-state index contributed by atoms with van der Waals surface area (Å²) in [5, 5.41) is 6.24. The first kappa shape index (κ1) is 24.5. The summed E-state index contributed by atoms with van der Waals surface area (Å²) in [5.74, 6) is -1.83. The van der Waals surface area contributed by atoms with Crippen LogP contribution in [0.15, 0.2) is 77.7 Å². The van der Waals surface area contributed by atoms with Gasteiger partial charge in [-0.1, -0.05) is 30.3 Å². The van der Waals surface area contributed by atoms with Gasteiger partial charge >= 0.3 is 12.1 Å². The summed E-state index contributed by atoms with van der Waals surface area (Å²) in [4.78, 5) is 39.7. The van der Waals surface area contributed by atoms with Crippen LogP contribution in [0.25, 0.3) is 16.9 Å². The molecular formula is C25H19F3N4O4. The van der Waals surface area contributed by atoms with Crippen molar-refractivity contribution in [3.8, 4) is 16.9 Å². The van der Waals surface area contributed by atoms with E-state index in [1.54, 1.807) is 6.07 Å². The maximum absolute atomic E-state index is 13.7. The number of amides is 1. The Morgan fingerprint density at radius 3 is 2.31 bits per heavy atom. The lowest BCUT2D eigenvalue weighted by Crippen LogP contribution is -2.23. The molecule has 0 unspecified atom stereocenters. The SMILES string of the molecule is CCOC(=O)c1cnn(-c2ccc(NC(=O)c3ccc(-c4ccccc4)[nH]c3=O)cc2)c1C(F)(F)F. The molecule has 1 amide bonds. The number of benzene rings is 2. The van der Waals surface area contributed by atoms with Crippen molar-refractivity contribution in [2.24, 2.45) is 0 Å². The lowest BCUT2D eigenvalue weighted by molar-refractivity contribution is -0.143. The second kappa shape index (κ2) is 9.90. The van der Waals surface area contributed by atoms with Crippen molar-refractivity contribution in [1.82, 2.24) is 14.8 Å². The van der Waals surface area contributed by atoms with Crippen LogP contribution >= 0.6 is 0 Å². The smallest absolute Gasteiger partial charge is 0.434 e. The third-order valence-electron chi connectivity index (χ3n) is 5.14. The number of esters is 1. The molecule has 0 saturated heterocycles. The number of alkyl halides is 3. The van der Waals surface area contributed by atoms with Gasteiger partial charge in [0.2, 0.25) is 0 Å². The molecule has 2 heterocycles. The molecule has 4 aromatic rings. The zero-order valence-electron chi connectivity index (χ0n) is 18.8. The summed E-state index contributed by atoms with van der Waals surface area (Å²) in [6.07, 6.45) is -4.08. The molecule has 0 radical (unpaired) electrons. The van der Waals surface area contributed by atoms with Gasteiger partial charge in [0.25, 0.3) is 11.5 Å². The predicted octanol–water partition coefficient (Wildman–Crippen LogP) is 4.68. The number of ether oxygens (including phenoxy) is 1. The molecule has 36 heavy (non-hydrogen) atoms. The molecule has 184 valence electrons. The molecule has 2 aromatic heterocycles. The molecule has 0 atom stereocenters. The number of halogens is 3. The van der Waals surface area contributed by atoms with E-state index in [1.807, 2.05) is 30.3 Å². The van der Waals surface area contributed by atoms with Crippen LogP contribution in [-0.2, 0) is 10.9 Å². The van der Waals surface area contributed by atoms with Gasteiger partial charge in [-0.15, -0.1) is 0 Å². The standard InChI is InChI=1S/C25H19F3N4O4/c1-2-36-24(35)19-14-29-32(21(19)25(26,27)28)17-10-8-16(9-11-17)30-22(33)18-12-13-20(31-23(18)34)15-6-4-3-5-7-15/h3-14H,2H2,1H3,(H,30,33)(H,31,34). The van der Waals surface area contributed by atoms with Crippen molar-refractivity contribution in [1.29, 1.82) is 0 Å². The normalized spacial score (nSPS) is 11.2. The molecule has 0 aliphatic rings. The average Bonchev–Trinajstić information content (AvgIpc) is 3.31. The molecule has 0 aliphatic carbocycles. The number of aromatic nitrogens is 3. The Labute approximate surface area is 202 Å². The molecule has 0 saturated carbocycles. The number of nitrogens with zero attached hydrogens (tertiary/aromatic N) is 2. The van der Waals surface area contributed by atoms with Gasteiger partial charge < -0.3 is 15.0 Å². The number of rotatable bonds is 6. The Morgan fingerprint density at radius 2 is 1.69 bits per heavy atom. The number of pyridine rings is 1.